The van der Waals surface area contributed by atoms with Gasteiger partial charge in [0.25, 0.3) is 0 Å². The van der Waals surface area contributed by atoms with Gasteiger partial charge in [0, 0.05) is 41.3 Å². The van der Waals surface area contributed by atoms with Crippen LogP contribution in [-0.4, -0.2) is 39.5 Å². The van der Waals surface area contributed by atoms with Gasteiger partial charge in [-0.3, -0.25) is 19.8 Å². The van der Waals surface area contributed by atoms with Crippen LogP contribution in [0.4, 0.5) is 11.1 Å². The molecule has 0 aliphatic heterocycles. The molecule has 0 saturated heterocycles. The minimum absolute atomic E-state index is 0.165. The van der Waals surface area contributed by atoms with Crippen molar-refractivity contribution in [2.75, 3.05) is 10.0 Å². The second-order valence-electron chi connectivity index (χ2n) is 7.52. The Balaban J connectivity index is 1.71. The third kappa shape index (κ3) is 5.23. The maximum atomic E-state index is 12.9. The first kappa shape index (κ1) is 22.8. The van der Waals surface area contributed by atoms with Gasteiger partial charge in [-0.15, -0.1) is 11.3 Å². The van der Waals surface area contributed by atoms with Crippen LogP contribution in [0, 0.1) is 0 Å². The largest absolute Gasteiger partial charge is 0.294 e. The molecular weight excluding hydrogens is 436 g/mol. The van der Waals surface area contributed by atoms with Crippen molar-refractivity contribution >= 4 is 38.3 Å². The van der Waals surface area contributed by atoms with E-state index in [1.807, 2.05) is 12.1 Å². The SMILES string of the molecule is CCC(C)S(=O)(=O)Nc1nc(C(C)(C)C(=O)Nc2ncc(-c3cccnc3)cn2)cs1. The standard InChI is InChI=1S/C20H24N6O3S2/c1-5-13(2)31(28,29)26-19-24-16(12-30-19)20(3,4)17(27)25-18-22-10-15(11-23-18)14-7-6-8-21-9-14/h6-13H,5H2,1-4H3,(H,24,26)(H,22,23,25,27). The highest BCUT2D eigenvalue weighted by Crippen LogP contribution is 2.29. The second-order valence-corrected chi connectivity index (χ2v) is 10.5. The average molecular weight is 461 g/mol. The van der Waals surface area contributed by atoms with Crippen LogP contribution in [0.5, 0.6) is 0 Å². The minimum Gasteiger partial charge on any atom is -0.294 e. The van der Waals surface area contributed by atoms with E-state index in [0.29, 0.717) is 12.1 Å². The lowest BCUT2D eigenvalue weighted by atomic mass is 9.89. The lowest BCUT2D eigenvalue weighted by Crippen LogP contribution is -2.35. The molecular formula is C20H24N6O3S2. The van der Waals surface area contributed by atoms with Crippen molar-refractivity contribution < 1.29 is 13.2 Å². The Kier molecular flexibility index (Phi) is 6.65. The number of hydrogen-bond donors (Lipinski definition) is 2. The number of hydrogen-bond acceptors (Lipinski definition) is 8. The number of thiazole rings is 1. The zero-order valence-corrected chi connectivity index (χ0v) is 19.3. The van der Waals surface area contributed by atoms with E-state index in [9.17, 15) is 13.2 Å². The molecule has 3 aromatic heterocycles. The van der Waals surface area contributed by atoms with Crippen LogP contribution in [0.1, 0.15) is 39.8 Å². The van der Waals surface area contributed by atoms with E-state index < -0.39 is 20.7 Å². The molecule has 2 N–H and O–H groups in total. The lowest BCUT2D eigenvalue weighted by molar-refractivity contribution is -0.120. The van der Waals surface area contributed by atoms with Crippen LogP contribution in [0.25, 0.3) is 11.1 Å². The topological polar surface area (TPSA) is 127 Å². The number of amides is 1. The highest BCUT2D eigenvalue weighted by molar-refractivity contribution is 7.93. The van der Waals surface area contributed by atoms with E-state index in [1.54, 1.807) is 57.9 Å². The molecule has 9 nitrogen and oxygen atoms in total. The number of nitrogens with one attached hydrogen (secondary N) is 2. The third-order valence-corrected chi connectivity index (χ3v) is 7.68. The van der Waals surface area contributed by atoms with Crippen LogP contribution < -0.4 is 10.0 Å². The summed E-state index contributed by atoms with van der Waals surface area (Å²) in [6.45, 7) is 6.84. The monoisotopic (exact) mass is 460 g/mol. The summed E-state index contributed by atoms with van der Waals surface area (Å²) >= 11 is 1.14. The lowest BCUT2D eigenvalue weighted by Gasteiger charge is -2.20. The van der Waals surface area contributed by atoms with Crippen LogP contribution in [-0.2, 0) is 20.2 Å². The van der Waals surface area contributed by atoms with Gasteiger partial charge in [-0.2, -0.15) is 0 Å². The van der Waals surface area contributed by atoms with E-state index >= 15 is 0 Å². The van der Waals surface area contributed by atoms with Crippen LogP contribution in [0.15, 0.2) is 42.3 Å². The van der Waals surface area contributed by atoms with E-state index in [1.165, 1.54) is 0 Å². The molecule has 1 amide bonds. The van der Waals surface area contributed by atoms with Crippen molar-refractivity contribution in [1.82, 2.24) is 19.9 Å². The molecule has 0 aromatic carbocycles. The summed E-state index contributed by atoms with van der Waals surface area (Å²) in [5.41, 5.74) is 1.07. The fourth-order valence-electron chi connectivity index (χ4n) is 2.50. The summed E-state index contributed by atoms with van der Waals surface area (Å²) in [5, 5.41) is 4.05. The molecule has 31 heavy (non-hydrogen) atoms. The van der Waals surface area contributed by atoms with Gasteiger partial charge in [-0.25, -0.2) is 23.4 Å². The van der Waals surface area contributed by atoms with Crippen LogP contribution in [0.2, 0.25) is 0 Å². The van der Waals surface area contributed by atoms with Crippen molar-refractivity contribution in [3.05, 3.63) is 48.0 Å². The van der Waals surface area contributed by atoms with Gasteiger partial charge in [0.15, 0.2) is 5.13 Å². The first-order chi connectivity index (χ1) is 14.6. The molecule has 1 unspecified atom stereocenters. The summed E-state index contributed by atoms with van der Waals surface area (Å²) in [5.74, 6) is -0.193. The Labute approximate surface area is 185 Å². The smallest absolute Gasteiger partial charge is 0.238 e. The Hall–Kier alpha value is -2.92. The quantitative estimate of drug-likeness (QED) is 0.527. The minimum atomic E-state index is -3.52. The van der Waals surface area contributed by atoms with Gasteiger partial charge in [0.2, 0.25) is 21.9 Å². The number of nitrogens with zero attached hydrogens (tertiary/aromatic N) is 4. The molecule has 11 heteroatoms. The van der Waals surface area contributed by atoms with Crippen LogP contribution >= 0.6 is 11.3 Å². The first-order valence-corrected chi connectivity index (χ1v) is 12.1. The van der Waals surface area contributed by atoms with Crippen LogP contribution in [0.3, 0.4) is 0 Å². The summed E-state index contributed by atoms with van der Waals surface area (Å²) in [6, 6.07) is 3.71. The molecule has 0 spiro atoms. The van der Waals surface area contributed by atoms with Gasteiger partial charge >= 0.3 is 0 Å². The van der Waals surface area contributed by atoms with Gasteiger partial charge < -0.3 is 0 Å². The van der Waals surface area contributed by atoms with Gasteiger partial charge in [-0.1, -0.05) is 13.0 Å². The molecule has 1 atom stereocenters. The van der Waals surface area contributed by atoms with Crippen molar-refractivity contribution in [2.24, 2.45) is 0 Å². The van der Waals surface area contributed by atoms with Gasteiger partial charge in [0.1, 0.15) is 0 Å². The molecule has 0 radical (unpaired) electrons. The highest BCUT2D eigenvalue weighted by Gasteiger charge is 2.33. The molecule has 3 rings (SSSR count). The number of carbonyl (C=O) groups excluding carboxylic acids is 1. The fourth-order valence-corrected chi connectivity index (χ4v) is 4.69. The van der Waals surface area contributed by atoms with Crippen molar-refractivity contribution in [2.45, 2.75) is 44.8 Å². The molecule has 0 saturated carbocycles. The molecule has 3 aromatic rings. The predicted octanol–water partition coefficient (Wildman–Crippen LogP) is 3.45. The number of sulfonamides is 1. The predicted molar refractivity (Wildman–Crippen MR) is 121 cm³/mol. The Morgan fingerprint density at radius 3 is 2.52 bits per heavy atom. The number of aromatic nitrogens is 4. The van der Waals surface area contributed by atoms with E-state index in [2.05, 4.69) is 30.0 Å². The van der Waals surface area contributed by atoms with Gasteiger partial charge in [-0.05, 0) is 33.3 Å². The van der Waals surface area contributed by atoms with Crippen molar-refractivity contribution in [3.8, 4) is 11.1 Å². The maximum Gasteiger partial charge on any atom is 0.238 e. The molecule has 0 bridgehead atoms. The van der Waals surface area contributed by atoms with E-state index in [4.69, 9.17) is 0 Å². The van der Waals surface area contributed by atoms with E-state index in [-0.39, 0.29) is 17.0 Å². The van der Waals surface area contributed by atoms with Crippen molar-refractivity contribution in [3.63, 3.8) is 0 Å². The number of anilines is 2. The molecule has 0 aliphatic carbocycles. The summed E-state index contributed by atoms with van der Waals surface area (Å²) in [7, 11) is -3.52. The second kappa shape index (κ2) is 9.06. The summed E-state index contributed by atoms with van der Waals surface area (Å²) in [6.07, 6.45) is 7.09. The van der Waals surface area contributed by atoms with E-state index in [0.717, 1.165) is 22.5 Å². The number of rotatable bonds is 8. The summed E-state index contributed by atoms with van der Waals surface area (Å²) in [4.78, 5) is 29.7. The van der Waals surface area contributed by atoms with Crippen molar-refractivity contribution in [1.29, 1.82) is 0 Å². The van der Waals surface area contributed by atoms with Gasteiger partial charge in [0.05, 0.1) is 16.4 Å². The zero-order valence-electron chi connectivity index (χ0n) is 17.7. The first-order valence-electron chi connectivity index (χ1n) is 9.65. The Bertz CT molecular complexity index is 1150. The zero-order chi connectivity index (χ0) is 22.6. The molecule has 0 aliphatic rings. The molecule has 0 fully saturated rings. The Morgan fingerprint density at radius 2 is 1.90 bits per heavy atom. The summed E-state index contributed by atoms with van der Waals surface area (Å²) < 4.78 is 27.0. The number of pyridine rings is 1. The highest BCUT2D eigenvalue weighted by atomic mass is 32.2. The fraction of sp³-hybridized carbons (Fsp3) is 0.350. The maximum absolute atomic E-state index is 12.9. The number of carbonyl (C=O) groups is 1. The Morgan fingerprint density at radius 1 is 1.19 bits per heavy atom. The molecule has 164 valence electrons. The average Bonchev–Trinajstić information content (AvgIpc) is 3.22. The normalized spacial score (nSPS) is 12.9. The third-order valence-electron chi connectivity index (χ3n) is 4.92. The molecule has 3 heterocycles.